The molecule has 0 unspecified atom stereocenters. The summed E-state index contributed by atoms with van der Waals surface area (Å²) in [5.74, 6) is -0.531. The predicted octanol–water partition coefficient (Wildman–Crippen LogP) is 3.70. The molecule has 1 amide bonds. The summed E-state index contributed by atoms with van der Waals surface area (Å²) < 4.78 is 41.6. The SMILES string of the molecule is CCC(=O)Nc1ccc(S(=O)(=O)N2CCC[C@@H]2c2ccccc2F)cc1. The second-order valence-corrected chi connectivity index (χ2v) is 8.11. The highest BCUT2D eigenvalue weighted by Crippen LogP contribution is 2.37. The Hall–Kier alpha value is -2.25. The zero-order valence-corrected chi connectivity index (χ0v) is 15.3. The zero-order valence-electron chi connectivity index (χ0n) is 14.5. The van der Waals surface area contributed by atoms with Gasteiger partial charge in [0.2, 0.25) is 15.9 Å². The molecule has 0 spiro atoms. The van der Waals surface area contributed by atoms with Gasteiger partial charge in [0.15, 0.2) is 0 Å². The van der Waals surface area contributed by atoms with Crippen molar-refractivity contribution in [3.05, 3.63) is 59.9 Å². The molecule has 0 bridgehead atoms. The van der Waals surface area contributed by atoms with Gasteiger partial charge in [-0.1, -0.05) is 25.1 Å². The third-order valence-corrected chi connectivity index (χ3v) is 6.46. The van der Waals surface area contributed by atoms with Crippen molar-refractivity contribution in [1.29, 1.82) is 0 Å². The van der Waals surface area contributed by atoms with Crippen LogP contribution in [-0.2, 0) is 14.8 Å². The Bertz CT molecular complexity index is 897. The highest BCUT2D eigenvalue weighted by Gasteiger charge is 2.37. The van der Waals surface area contributed by atoms with Crippen molar-refractivity contribution in [1.82, 2.24) is 4.31 Å². The van der Waals surface area contributed by atoms with Gasteiger partial charge in [0.05, 0.1) is 10.9 Å². The summed E-state index contributed by atoms with van der Waals surface area (Å²) in [4.78, 5) is 11.6. The van der Waals surface area contributed by atoms with Crippen LogP contribution in [0.1, 0.15) is 37.8 Å². The Kier molecular flexibility index (Phi) is 5.38. The van der Waals surface area contributed by atoms with E-state index >= 15 is 0 Å². The number of rotatable bonds is 5. The van der Waals surface area contributed by atoms with Crippen LogP contribution in [0.25, 0.3) is 0 Å². The summed E-state index contributed by atoms with van der Waals surface area (Å²) in [6.45, 7) is 2.10. The number of halogens is 1. The largest absolute Gasteiger partial charge is 0.326 e. The van der Waals surface area contributed by atoms with E-state index in [1.165, 1.54) is 22.5 Å². The van der Waals surface area contributed by atoms with Crippen LogP contribution in [0.3, 0.4) is 0 Å². The maximum atomic E-state index is 14.2. The average Bonchev–Trinajstić information content (AvgIpc) is 3.13. The summed E-state index contributed by atoms with van der Waals surface area (Å²) in [5.41, 5.74) is 0.947. The summed E-state index contributed by atoms with van der Waals surface area (Å²) in [6, 6.07) is 11.9. The summed E-state index contributed by atoms with van der Waals surface area (Å²) in [6.07, 6.45) is 1.62. The van der Waals surface area contributed by atoms with Gasteiger partial charge in [-0.05, 0) is 43.2 Å². The Morgan fingerprint density at radius 3 is 2.54 bits per heavy atom. The minimum Gasteiger partial charge on any atom is -0.326 e. The molecule has 1 fully saturated rings. The lowest BCUT2D eigenvalue weighted by atomic mass is 10.1. The molecule has 26 heavy (non-hydrogen) atoms. The Labute approximate surface area is 152 Å². The van der Waals surface area contributed by atoms with Gasteiger partial charge in [0.1, 0.15) is 5.82 Å². The molecule has 1 heterocycles. The molecule has 2 aromatic carbocycles. The number of benzene rings is 2. The van der Waals surface area contributed by atoms with E-state index in [1.54, 1.807) is 37.3 Å². The van der Waals surface area contributed by atoms with Gasteiger partial charge in [-0.2, -0.15) is 4.31 Å². The van der Waals surface area contributed by atoms with Crippen LogP contribution in [0.5, 0.6) is 0 Å². The topological polar surface area (TPSA) is 66.5 Å². The van der Waals surface area contributed by atoms with Gasteiger partial charge in [-0.15, -0.1) is 0 Å². The number of amides is 1. The number of sulfonamides is 1. The van der Waals surface area contributed by atoms with Crippen LogP contribution in [0, 0.1) is 5.82 Å². The standard InChI is InChI=1S/C19H21FN2O3S/c1-2-19(23)21-14-9-11-15(12-10-14)26(24,25)22-13-5-8-18(22)16-6-3-4-7-17(16)20/h3-4,6-7,9-12,18H,2,5,8,13H2,1H3,(H,21,23)/t18-/m1/s1. The van der Waals surface area contributed by atoms with Gasteiger partial charge in [-0.25, -0.2) is 12.8 Å². The van der Waals surface area contributed by atoms with Crippen LogP contribution in [0.2, 0.25) is 0 Å². The third-order valence-electron chi connectivity index (χ3n) is 4.53. The fourth-order valence-electron chi connectivity index (χ4n) is 3.18. The molecule has 7 heteroatoms. The van der Waals surface area contributed by atoms with Crippen LogP contribution >= 0.6 is 0 Å². The van der Waals surface area contributed by atoms with Gasteiger partial charge in [0.25, 0.3) is 0 Å². The number of carbonyl (C=O) groups is 1. The molecule has 1 N–H and O–H groups in total. The lowest BCUT2D eigenvalue weighted by Crippen LogP contribution is -2.31. The Morgan fingerprint density at radius 2 is 1.88 bits per heavy atom. The van der Waals surface area contributed by atoms with E-state index in [0.717, 1.165) is 0 Å². The predicted molar refractivity (Wildman–Crippen MR) is 97.6 cm³/mol. The molecule has 3 rings (SSSR count). The molecule has 1 aliphatic heterocycles. The molecule has 0 aromatic heterocycles. The number of nitrogens with one attached hydrogen (secondary N) is 1. The number of hydrogen-bond donors (Lipinski definition) is 1. The molecule has 138 valence electrons. The molecule has 0 saturated carbocycles. The second-order valence-electron chi connectivity index (χ2n) is 6.22. The average molecular weight is 376 g/mol. The quantitative estimate of drug-likeness (QED) is 0.865. The van der Waals surface area contributed by atoms with E-state index in [-0.39, 0.29) is 10.8 Å². The monoisotopic (exact) mass is 376 g/mol. The number of carbonyl (C=O) groups excluding carboxylic acids is 1. The van der Waals surface area contributed by atoms with Crippen molar-refractivity contribution in [2.75, 3.05) is 11.9 Å². The molecular formula is C19H21FN2O3S. The lowest BCUT2D eigenvalue weighted by Gasteiger charge is -2.25. The molecule has 0 aliphatic carbocycles. The minimum atomic E-state index is -3.75. The van der Waals surface area contributed by atoms with Gasteiger partial charge in [-0.3, -0.25) is 4.79 Å². The Morgan fingerprint density at radius 1 is 1.19 bits per heavy atom. The first-order chi connectivity index (χ1) is 12.4. The first-order valence-electron chi connectivity index (χ1n) is 8.59. The smallest absolute Gasteiger partial charge is 0.243 e. The molecular weight excluding hydrogens is 355 g/mol. The van der Waals surface area contributed by atoms with Crippen molar-refractivity contribution in [3.63, 3.8) is 0 Å². The molecule has 1 saturated heterocycles. The van der Waals surface area contributed by atoms with Crippen molar-refractivity contribution in [2.45, 2.75) is 37.1 Å². The minimum absolute atomic E-state index is 0.134. The zero-order chi connectivity index (χ0) is 18.7. The molecule has 1 aliphatic rings. The first-order valence-corrected chi connectivity index (χ1v) is 10.0. The van der Waals surface area contributed by atoms with Gasteiger partial charge in [0, 0.05) is 24.2 Å². The van der Waals surface area contributed by atoms with E-state index in [1.807, 2.05) is 0 Å². The van der Waals surface area contributed by atoms with E-state index in [9.17, 15) is 17.6 Å². The second kappa shape index (κ2) is 7.55. The molecule has 1 atom stereocenters. The fraction of sp³-hybridized carbons (Fsp3) is 0.316. The highest BCUT2D eigenvalue weighted by atomic mass is 32.2. The Balaban J connectivity index is 1.87. The fourth-order valence-corrected chi connectivity index (χ4v) is 4.85. The van der Waals surface area contributed by atoms with Crippen LogP contribution in [-0.4, -0.2) is 25.2 Å². The molecule has 0 radical (unpaired) electrons. The van der Waals surface area contributed by atoms with Crippen LogP contribution in [0.4, 0.5) is 10.1 Å². The van der Waals surface area contributed by atoms with E-state index in [4.69, 9.17) is 0 Å². The number of nitrogens with zero attached hydrogens (tertiary/aromatic N) is 1. The summed E-state index contributed by atoms with van der Waals surface area (Å²) in [7, 11) is -3.75. The van der Waals surface area contributed by atoms with Crippen molar-refractivity contribution < 1.29 is 17.6 Å². The third kappa shape index (κ3) is 3.64. The summed E-state index contributed by atoms with van der Waals surface area (Å²) >= 11 is 0. The molecule has 5 nitrogen and oxygen atoms in total. The van der Waals surface area contributed by atoms with Gasteiger partial charge < -0.3 is 5.32 Å². The van der Waals surface area contributed by atoms with E-state index in [2.05, 4.69) is 5.32 Å². The highest BCUT2D eigenvalue weighted by molar-refractivity contribution is 7.89. The molecule has 2 aromatic rings. The van der Waals surface area contributed by atoms with E-state index in [0.29, 0.717) is 37.1 Å². The number of hydrogen-bond acceptors (Lipinski definition) is 3. The van der Waals surface area contributed by atoms with E-state index < -0.39 is 21.9 Å². The lowest BCUT2D eigenvalue weighted by molar-refractivity contribution is -0.115. The van der Waals surface area contributed by atoms with Gasteiger partial charge >= 0.3 is 0 Å². The van der Waals surface area contributed by atoms with Crippen molar-refractivity contribution in [2.24, 2.45) is 0 Å². The maximum absolute atomic E-state index is 14.2. The normalized spacial score (nSPS) is 18.0. The summed E-state index contributed by atoms with van der Waals surface area (Å²) in [5, 5.41) is 2.68. The van der Waals surface area contributed by atoms with Crippen LogP contribution < -0.4 is 5.32 Å². The van der Waals surface area contributed by atoms with Crippen molar-refractivity contribution >= 4 is 21.6 Å². The number of anilines is 1. The van der Waals surface area contributed by atoms with Crippen LogP contribution in [0.15, 0.2) is 53.4 Å². The maximum Gasteiger partial charge on any atom is 0.243 e. The van der Waals surface area contributed by atoms with Crippen molar-refractivity contribution in [3.8, 4) is 0 Å². The first kappa shape index (κ1) is 18.5.